The molecular formula is C21H30N6O6. The second kappa shape index (κ2) is 9.41. The van der Waals surface area contributed by atoms with Crippen LogP contribution in [0.15, 0.2) is 14.4 Å². The summed E-state index contributed by atoms with van der Waals surface area (Å²) >= 11 is 0. The second-order valence-electron chi connectivity index (χ2n) is 10.2. The van der Waals surface area contributed by atoms with Gasteiger partial charge in [-0.2, -0.15) is 15.8 Å². The zero-order chi connectivity index (χ0) is 25.8. The predicted molar refractivity (Wildman–Crippen MR) is 115 cm³/mol. The molecule has 0 aliphatic rings. The lowest BCUT2D eigenvalue weighted by Crippen LogP contribution is -2.63. The maximum Gasteiger partial charge on any atom is 0.339 e. The fraction of sp³-hybridized carbons (Fsp3) is 0.714. The monoisotopic (exact) mass is 462 g/mol. The number of aromatic nitrogens is 3. The Labute approximate surface area is 191 Å². The van der Waals surface area contributed by atoms with Crippen molar-refractivity contribution in [1.82, 2.24) is 13.7 Å². The lowest BCUT2D eigenvalue weighted by atomic mass is 9.88. The number of hydrogen-bond donors (Lipinski definition) is 0. The summed E-state index contributed by atoms with van der Waals surface area (Å²) in [6.07, 6.45) is 4.74. The van der Waals surface area contributed by atoms with Crippen LogP contribution in [0.25, 0.3) is 0 Å². The SMILES string of the molecule is CC(C)(CC(C)(C)n1c(=O)n(COC#N)c(=O)n(C(C)(C)CC(C)(C)OC#N)c1=O)OC#N. The molecule has 0 radical (unpaired) electrons. The van der Waals surface area contributed by atoms with Crippen molar-refractivity contribution in [3.63, 3.8) is 0 Å². The molecule has 0 spiro atoms. The largest absolute Gasteiger partial charge is 0.421 e. The van der Waals surface area contributed by atoms with Crippen LogP contribution in [0.4, 0.5) is 0 Å². The topological polar surface area (TPSA) is 165 Å². The molecule has 0 saturated heterocycles. The first-order valence-corrected chi connectivity index (χ1v) is 10.1. The van der Waals surface area contributed by atoms with Gasteiger partial charge in [0.05, 0.1) is 11.1 Å². The molecule has 0 unspecified atom stereocenters. The lowest BCUT2D eigenvalue weighted by molar-refractivity contribution is 0.0186. The summed E-state index contributed by atoms with van der Waals surface area (Å²) in [7, 11) is 0. The average molecular weight is 463 g/mol. The van der Waals surface area contributed by atoms with E-state index in [0.717, 1.165) is 9.13 Å². The van der Waals surface area contributed by atoms with Gasteiger partial charge < -0.3 is 14.2 Å². The van der Waals surface area contributed by atoms with Crippen LogP contribution in [0.2, 0.25) is 0 Å². The van der Waals surface area contributed by atoms with Crippen molar-refractivity contribution in [2.45, 2.75) is 97.2 Å². The standard InChI is InChI=1S/C21H30N6O6/c1-18(2,9-20(5,6)32-12-23)26-15(28)25(14-31-11-22)16(29)27(17(26)30)19(3,4)10-21(7,8)33-13-24/h9-10,14H2,1-8H3. The molecule has 0 atom stereocenters. The third kappa shape index (κ3) is 6.17. The quantitative estimate of drug-likeness (QED) is 0.467. The van der Waals surface area contributed by atoms with E-state index in [1.54, 1.807) is 67.9 Å². The Kier molecular flexibility index (Phi) is 7.79. The maximum atomic E-state index is 13.6. The van der Waals surface area contributed by atoms with Crippen molar-refractivity contribution in [3.8, 4) is 18.8 Å². The minimum absolute atomic E-state index is 0.0590. The first-order valence-electron chi connectivity index (χ1n) is 10.1. The molecule has 0 aliphatic heterocycles. The summed E-state index contributed by atoms with van der Waals surface area (Å²) < 4.78 is 17.2. The molecule has 1 heterocycles. The molecule has 33 heavy (non-hydrogen) atoms. The minimum Gasteiger partial charge on any atom is -0.421 e. The molecule has 1 aromatic heterocycles. The molecule has 12 heteroatoms. The highest BCUT2D eigenvalue weighted by Crippen LogP contribution is 2.29. The van der Waals surface area contributed by atoms with Gasteiger partial charge in [-0.25, -0.2) is 28.1 Å². The number of nitriles is 3. The highest BCUT2D eigenvalue weighted by Gasteiger charge is 2.39. The molecule has 0 aromatic carbocycles. The lowest BCUT2D eigenvalue weighted by Gasteiger charge is -2.37. The smallest absolute Gasteiger partial charge is 0.339 e. The number of nitrogens with zero attached hydrogens (tertiary/aromatic N) is 6. The van der Waals surface area contributed by atoms with E-state index in [0.29, 0.717) is 4.57 Å². The van der Waals surface area contributed by atoms with Crippen LogP contribution in [0, 0.1) is 34.6 Å². The van der Waals surface area contributed by atoms with Gasteiger partial charge in [-0.3, -0.25) is 0 Å². The van der Waals surface area contributed by atoms with Gasteiger partial charge in [-0.05, 0) is 55.4 Å². The fourth-order valence-corrected chi connectivity index (χ4v) is 4.39. The average Bonchev–Trinajstić information content (AvgIpc) is 2.58. The summed E-state index contributed by atoms with van der Waals surface area (Å²) in [6.45, 7) is 12.2. The third-order valence-corrected chi connectivity index (χ3v) is 5.06. The summed E-state index contributed by atoms with van der Waals surface area (Å²) in [4.78, 5) is 40.1. The zero-order valence-corrected chi connectivity index (χ0v) is 20.3. The van der Waals surface area contributed by atoms with Crippen molar-refractivity contribution < 1.29 is 14.2 Å². The Hall–Kier alpha value is -3.72. The van der Waals surface area contributed by atoms with Gasteiger partial charge in [0, 0.05) is 12.8 Å². The first-order chi connectivity index (χ1) is 15.0. The minimum atomic E-state index is -1.22. The summed E-state index contributed by atoms with van der Waals surface area (Å²) in [5.41, 5.74) is -7.33. The van der Waals surface area contributed by atoms with E-state index >= 15 is 0 Å². The van der Waals surface area contributed by atoms with Crippen LogP contribution in [0.1, 0.15) is 68.2 Å². The molecule has 0 saturated carbocycles. The number of hydrogen-bond acceptors (Lipinski definition) is 9. The zero-order valence-electron chi connectivity index (χ0n) is 20.3. The Bertz CT molecular complexity index is 1100. The molecule has 0 aliphatic carbocycles. The van der Waals surface area contributed by atoms with Gasteiger partial charge >= 0.3 is 17.1 Å². The van der Waals surface area contributed by atoms with E-state index in [9.17, 15) is 14.4 Å². The van der Waals surface area contributed by atoms with Crippen LogP contribution in [-0.4, -0.2) is 24.9 Å². The number of ether oxygens (including phenoxy) is 3. The predicted octanol–water partition coefficient (Wildman–Crippen LogP) is 1.43. The van der Waals surface area contributed by atoms with E-state index in [4.69, 9.17) is 25.3 Å². The normalized spacial score (nSPS) is 12.3. The Morgan fingerprint density at radius 1 is 0.667 bits per heavy atom. The van der Waals surface area contributed by atoms with Crippen molar-refractivity contribution in [1.29, 1.82) is 15.8 Å². The van der Waals surface area contributed by atoms with Crippen LogP contribution in [0.3, 0.4) is 0 Å². The van der Waals surface area contributed by atoms with Crippen molar-refractivity contribution in [2.24, 2.45) is 0 Å². The van der Waals surface area contributed by atoms with E-state index in [1.807, 2.05) is 0 Å². The van der Waals surface area contributed by atoms with E-state index < -0.39 is 46.1 Å². The van der Waals surface area contributed by atoms with Gasteiger partial charge in [-0.1, -0.05) is 0 Å². The third-order valence-electron chi connectivity index (χ3n) is 5.06. The first kappa shape index (κ1) is 27.3. The van der Waals surface area contributed by atoms with Gasteiger partial charge in [-0.15, -0.1) is 0 Å². The van der Waals surface area contributed by atoms with Gasteiger partial charge in [0.15, 0.2) is 6.73 Å². The second-order valence-corrected chi connectivity index (χ2v) is 10.2. The Morgan fingerprint density at radius 3 is 1.33 bits per heavy atom. The van der Waals surface area contributed by atoms with E-state index in [-0.39, 0.29) is 12.8 Å². The van der Waals surface area contributed by atoms with Gasteiger partial charge in [0.1, 0.15) is 11.2 Å². The van der Waals surface area contributed by atoms with Crippen molar-refractivity contribution in [3.05, 3.63) is 31.5 Å². The summed E-state index contributed by atoms with van der Waals surface area (Å²) in [5, 5.41) is 26.6. The Morgan fingerprint density at radius 2 is 1.03 bits per heavy atom. The molecule has 0 N–H and O–H groups in total. The summed E-state index contributed by atoms with van der Waals surface area (Å²) in [5.74, 6) is 0. The molecule has 0 bridgehead atoms. The van der Waals surface area contributed by atoms with E-state index in [1.165, 1.54) is 6.26 Å². The van der Waals surface area contributed by atoms with E-state index in [2.05, 4.69) is 4.74 Å². The summed E-state index contributed by atoms with van der Waals surface area (Å²) in [6, 6.07) is 0. The number of rotatable bonds is 10. The van der Waals surface area contributed by atoms with Crippen molar-refractivity contribution >= 4 is 0 Å². The van der Waals surface area contributed by atoms with Gasteiger partial charge in [0.2, 0.25) is 0 Å². The molecule has 1 aromatic rings. The molecule has 12 nitrogen and oxygen atoms in total. The van der Waals surface area contributed by atoms with Crippen LogP contribution in [0.5, 0.6) is 0 Å². The molecule has 0 amide bonds. The molecular weight excluding hydrogens is 432 g/mol. The fourth-order valence-electron chi connectivity index (χ4n) is 4.39. The molecule has 180 valence electrons. The van der Waals surface area contributed by atoms with Crippen LogP contribution >= 0.6 is 0 Å². The highest BCUT2D eigenvalue weighted by molar-refractivity contribution is 4.96. The Balaban J connectivity index is 3.95. The molecule has 1 rings (SSSR count). The van der Waals surface area contributed by atoms with Crippen LogP contribution in [-0.2, 0) is 32.0 Å². The van der Waals surface area contributed by atoms with Gasteiger partial charge in [0.25, 0.3) is 18.8 Å². The van der Waals surface area contributed by atoms with Crippen LogP contribution < -0.4 is 17.1 Å². The maximum absolute atomic E-state index is 13.6. The highest BCUT2D eigenvalue weighted by atomic mass is 16.5. The van der Waals surface area contributed by atoms with Crippen molar-refractivity contribution in [2.75, 3.05) is 0 Å². The molecule has 0 fully saturated rings.